The van der Waals surface area contributed by atoms with Gasteiger partial charge in [0.2, 0.25) is 0 Å². The lowest BCUT2D eigenvalue weighted by atomic mass is 10.3. The molecule has 15 heavy (non-hydrogen) atoms. The zero-order valence-corrected chi connectivity index (χ0v) is 10.6. The molecule has 0 N–H and O–H groups in total. The van der Waals surface area contributed by atoms with Crippen molar-refractivity contribution in [1.29, 1.82) is 0 Å². The second-order valence-corrected chi connectivity index (χ2v) is 3.02. The molecular formula is C11H14Cl2N2. The molecule has 0 fully saturated rings. The monoisotopic (exact) mass is 244 g/mol. The SMILES string of the molecule is C=C/C=c1/c(Cl)nnc(Cl)/c1=C/C.CC. The summed E-state index contributed by atoms with van der Waals surface area (Å²) in [7, 11) is 0. The van der Waals surface area contributed by atoms with Gasteiger partial charge in [-0.3, -0.25) is 0 Å². The number of aromatic nitrogens is 2. The van der Waals surface area contributed by atoms with Crippen LogP contribution in [0.1, 0.15) is 20.8 Å². The van der Waals surface area contributed by atoms with Crippen LogP contribution in [0.25, 0.3) is 12.2 Å². The molecule has 0 radical (unpaired) electrons. The molecule has 1 rings (SSSR count). The number of halogens is 2. The van der Waals surface area contributed by atoms with E-state index in [1.54, 1.807) is 12.2 Å². The number of hydrogen-bond acceptors (Lipinski definition) is 2. The summed E-state index contributed by atoms with van der Waals surface area (Å²) >= 11 is 11.6. The first-order chi connectivity index (χ1) is 7.20. The summed E-state index contributed by atoms with van der Waals surface area (Å²) in [6.45, 7) is 9.44. The second kappa shape index (κ2) is 7.43. The minimum atomic E-state index is 0.331. The molecule has 82 valence electrons. The van der Waals surface area contributed by atoms with Crippen molar-refractivity contribution in [2.24, 2.45) is 0 Å². The van der Waals surface area contributed by atoms with Gasteiger partial charge in [0.05, 0.1) is 0 Å². The van der Waals surface area contributed by atoms with E-state index in [4.69, 9.17) is 23.2 Å². The summed E-state index contributed by atoms with van der Waals surface area (Å²) in [6.07, 6.45) is 5.21. The molecule has 0 saturated heterocycles. The Balaban J connectivity index is 0.000000921. The Labute approximate surface area is 99.9 Å². The van der Waals surface area contributed by atoms with Crippen molar-refractivity contribution in [1.82, 2.24) is 10.2 Å². The molecule has 0 aliphatic heterocycles. The quantitative estimate of drug-likeness (QED) is 0.759. The first-order valence-corrected chi connectivity index (χ1v) is 5.43. The molecular weight excluding hydrogens is 231 g/mol. The molecule has 2 nitrogen and oxygen atoms in total. The smallest absolute Gasteiger partial charge is 0.136 e. The third-order valence-corrected chi connectivity index (χ3v) is 2.09. The summed E-state index contributed by atoms with van der Waals surface area (Å²) in [6, 6.07) is 0. The van der Waals surface area contributed by atoms with E-state index in [0.29, 0.717) is 10.3 Å². The lowest BCUT2D eigenvalue weighted by molar-refractivity contribution is 1.01. The lowest BCUT2D eigenvalue weighted by Gasteiger charge is -1.93. The van der Waals surface area contributed by atoms with Gasteiger partial charge in [0, 0.05) is 10.4 Å². The van der Waals surface area contributed by atoms with Crippen molar-refractivity contribution in [3.63, 3.8) is 0 Å². The van der Waals surface area contributed by atoms with E-state index in [2.05, 4.69) is 16.8 Å². The predicted molar refractivity (Wildman–Crippen MR) is 67.5 cm³/mol. The highest BCUT2D eigenvalue weighted by Crippen LogP contribution is 1.95. The summed E-state index contributed by atoms with van der Waals surface area (Å²) in [5.41, 5.74) is 0. The van der Waals surface area contributed by atoms with Crippen LogP contribution in [0, 0.1) is 0 Å². The molecule has 0 aliphatic carbocycles. The van der Waals surface area contributed by atoms with Gasteiger partial charge in [0.15, 0.2) is 10.3 Å². The van der Waals surface area contributed by atoms with Gasteiger partial charge in [-0.05, 0) is 6.92 Å². The third kappa shape index (κ3) is 3.65. The van der Waals surface area contributed by atoms with E-state index in [0.717, 1.165) is 10.4 Å². The summed E-state index contributed by atoms with van der Waals surface area (Å²) < 4.78 is 0. The molecule has 0 spiro atoms. The maximum Gasteiger partial charge on any atom is 0.159 e. The molecule has 0 aliphatic rings. The Bertz CT molecular complexity index is 439. The Kier molecular flexibility index (Phi) is 7.01. The van der Waals surface area contributed by atoms with Crippen LogP contribution in [-0.2, 0) is 0 Å². The molecule has 0 unspecified atom stereocenters. The number of allylic oxidation sites excluding steroid dienone is 1. The fraction of sp³-hybridized carbons (Fsp3) is 0.273. The molecule has 1 heterocycles. The molecule has 0 atom stereocenters. The van der Waals surface area contributed by atoms with Crippen molar-refractivity contribution in [3.8, 4) is 0 Å². The fourth-order valence-electron chi connectivity index (χ4n) is 0.969. The maximum absolute atomic E-state index is 5.83. The lowest BCUT2D eigenvalue weighted by Crippen LogP contribution is -2.28. The molecule has 1 aromatic heterocycles. The zero-order chi connectivity index (χ0) is 11.8. The second-order valence-electron chi connectivity index (χ2n) is 2.30. The van der Waals surface area contributed by atoms with Gasteiger partial charge in [-0.1, -0.05) is 61.9 Å². The standard InChI is InChI=1S/C9H8Cl2N2.C2H6/c1-3-5-7-6(4-2)8(10)12-13-9(7)11;1-2/h3-5H,1H2,2H3;1-2H3/b6-4+,7-5+;. The zero-order valence-electron chi connectivity index (χ0n) is 9.09. The van der Waals surface area contributed by atoms with Gasteiger partial charge in [-0.15, -0.1) is 10.2 Å². The molecule has 0 aromatic carbocycles. The van der Waals surface area contributed by atoms with Gasteiger partial charge >= 0.3 is 0 Å². The molecule has 1 aromatic rings. The van der Waals surface area contributed by atoms with Crippen LogP contribution in [-0.4, -0.2) is 10.2 Å². The minimum Gasteiger partial charge on any atom is -0.136 e. The molecule has 0 saturated carbocycles. The van der Waals surface area contributed by atoms with Crippen molar-refractivity contribution in [2.75, 3.05) is 0 Å². The average Bonchev–Trinajstić information content (AvgIpc) is 2.27. The minimum absolute atomic E-state index is 0.331. The van der Waals surface area contributed by atoms with Crippen LogP contribution in [0.15, 0.2) is 12.7 Å². The van der Waals surface area contributed by atoms with Gasteiger partial charge in [-0.25, -0.2) is 0 Å². The van der Waals surface area contributed by atoms with Gasteiger partial charge < -0.3 is 0 Å². The summed E-state index contributed by atoms with van der Waals surface area (Å²) in [5, 5.41) is 9.59. The topological polar surface area (TPSA) is 25.8 Å². The largest absolute Gasteiger partial charge is 0.159 e. The Morgan fingerprint density at radius 1 is 1.07 bits per heavy atom. The normalized spacial score (nSPS) is 12.1. The Morgan fingerprint density at radius 3 is 1.93 bits per heavy atom. The first kappa shape index (κ1) is 14.1. The van der Waals surface area contributed by atoms with Crippen molar-refractivity contribution >= 4 is 35.4 Å². The van der Waals surface area contributed by atoms with Crippen LogP contribution in [0.2, 0.25) is 10.3 Å². The third-order valence-electron chi connectivity index (χ3n) is 1.53. The van der Waals surface area contributed by atoms with E-state index >= 15 is 0 Å². The van der Waals surface area contributed by atoms with Crippen LogP contribution < -0.4 is 10.4 Å². The maximum atomic E-state index is 5.83. The van der Waals surface area contributed by atoms with Crippen molar-refractivity contribution in [2.45, 2.75) is 20.8 Å². The Hall–Kier alpha value is -0.860. The van der Waals surface area contributed by atoms with Crippen LogP contribution in [0.3, 0.4) is 0 Å². The summed E-state index contributed by atoms with van der Waals surface area (Å²) in [4.78, 5) is 0. The first-order valence-electron chi connectivity index (χ1n) is 4.67. The molecule has 0 amide bonds. The van der Waals surface area contributed by atoms with Gasteiger partial charge in [0.25, 0.3) is 0 Å². The van der Waals surface area contributed by atoms with E-state index in [-0.39, 0.29) is 0 Å². The van der Waals surface area contributed by atoms with Crippen LogP contribution >= 0.6 is 23.2 Å². The van der Waals surface area contributed by atoms with E-state index < -0.39 is 0 Å². The van der Waals surface area contributed by atoms with Gasteiger partial charge in [0.1, 0.15) is 0 Å². The molecule has 4 heteroatoms. The van der Waals surface area contributed by atoms with Crippen molar-refractivity contribution < 1.29 is 0 Å². The molecule has 0 bridgehead atoms. The van der Waals surface area contributed by atoms with Gasteiger partial charge in [-0.2, -0.15) is 0 Å². The van der Waals surface area contributed by atoms with E-state index in [9.17, 15) is 0 Å². The number of nitrogens with zero attached hydrogens (tertiary/aromatic N) is 2. The van der Waals surface area contributed by atoms with E-state index in [1.807, 2.05) is 26.8 Å². The predicted octanol–water partition coefficient (Wildman–Crippen LogP) is 2.58. The summed E-state index contributed by atoms with van der Waals surface area (Å²) in [5.74, 6) is 0. The average molecular weight is 245 g/mol. The highest BCUT2D eigenvalue weighted by atomic mass is 35.5. The highest BCUT2D eigenvalue weighted by molar-refractivity contribution is 6.31. The number of rotatable bonds is 1. The Morgan fingerprint density at radius 2 is 1.53 bits per heavy atom. The highest BCUT2D eigenvalue weighted by Gasteiger charge is 1.99. The number of hydrogen-bond donors (Lipinski definition) is 0. The van der Waals surface area contributed by atoms with Crippen molar-refractivity contribution in [3.05, 3.63) is 33.4 Å². The van der Waals surface area contributed by atoms with Crippen LogP contribution in [0.4, 0.5) is 0 Å². The van der Waals surface area contributed by atoms with E-state index in [1.165, 1.54) is 0 Å². The van der Waals surface area contributed by atoms with Crippen LogP contribution in [0.5, 0.6) is 0 Å². The fourth-order valence-corrected chi connectivity index (χ4v) is 1.42.